The lowest BCUT2D eigenvalue weighted by atomic mass is 9.91. The molecule has 4 rings (SSSR count). The number of anilines is 1. The number of imide groups is 1. The quantitative estimate of drug-likeness (QED) is 0.636. The summed E-state index contributed by atoms with van der Waals surface area (Å²) < 4.78 is 5.27. The SMILES string of the molecule is COc1ccc(C2=C(N3CC(C)CC(C)C3)C(=O)N(c3cccc(Cl)c3C)C2=O)cc1. The van der Waals surface area contributed by atoms with Crippen molar-refractivity contribution in [1.29, 1.82) is 0 Å². The molecule has 162 valence electrons. The van der Waals surface area contributed by atoms with Crippen LogP contribution in [-0.4, -0.2) is 36.9 Å². The van der Waals surface area contributed by atoms with Crippen LogP contribution in [0.2, 0.25) is 5.02 Å². The van der Waals surface area contributed by atoms with Crippen molar-refractivity contribution in [2.75, 3.05) is 25.1 Å². The van der Waals surface area contributed by atoms with E-state index in [2.05, 4.69) is 18.7 Å². The van der Waals surface area contributed by atoms with Gasteiger partial charge in [0.2, 0.25) is 0 Å². The summed E-state index contributed by atoms with van der Waals surface area (Å²) in [6.07, 6.45) is 1.11. The highest BCUT2D eigenvalue weighted by Gasteiger charge is 2.44. The number of hydrogen-bond donors (Lipinski definition) is 0. The second kappa shape index (κ2) is 8.39. The molecule has 0 bridgehead atoms. The van der Waals surface area contributed by atoms with E-state index in [9.17, 15) is 9.59 Å². The zero-order valence-electron chi connectivity index (χ0n) is 18.3. The van der Waals surface area contributed by atoms with Crippen molar-refractivity contribution in [1.82, 2.24) is 4.90 Å². The predicted molar refractivity (Wildman–Crippen MR) is 123 cm³/mol. The highest BCUT2D eigenvalue weighted by atomic mass is 35.5. The Morgan fingerprint density at radius 2 is 1.61 bits per heavy atom. The van der Waals surface area contributed by atoms with Crippen molar-refractivity contribution in [2.24, 2.45) is 11.8 Å². The van der Waals surface area contributed by atoms with Gasteiger partial charge in [-0.05, 0) is 60.6 Å². The van der Waals surface area contributed by atoms with Gasteiger partial charge in [0.25, 0.3) is 11.8 Å². The summed E-state index contributed by atoms with van der Waals surface area (Å²) in [5, 5.41) is 0.526. The van der Waals surface area contributed by atoms with Crippen LogP contribution in [0.15, 0.2) is 48.2 Å². The van der Waals surface area contributed by atoms with Crippen LogP contribution in [0.5, 0.6) is 5.75 Å². The molecule has 2 unspecified atom stereocenters. The average Bonchev–Trinajstić information content (AvgIpc) is 3.00. The summed E-state index contributed by atoms with van der Waals surface area (Å²) in [5.41, 5.74) is 2.87. The Labute approximate surface area is 188 Å². The molecule has 5 nitrogen and oxygen atoms in total. The molecule has 6 heteroatoms. The molecule has 0 saturated carbocycles. The number of hydrogen-bond acceptors (Lipinski definition) is 4. The van der Waals surface area contributed by atoms with E-state index in [0.717, 1.165) is 19.5 Å². The molecule has 0 aromatic heterocycles. The van der Waals surface area contributed by atoms with Crippen LogP contribution in [-0.2, 0) is 9.59 Å². The Kier molecular flexibility index (Phi) is 5.80. The van der Waals surface area contributed by atoms with Crippen LogP contribution in [0.1, 0.15) is 31.4 Å². The van der Waals surface area contributed by atoms with Gasteiger partial charge in [-0.25, -0.2) is 4.90 Å². The van der Waals surface area contributed by atoms with Crippen molar-refractivity contribution >= 4 is 34.7 Å². The number of ether oxygens (including phenoxy) is 1. The summed E-state index contributed by atoms with van der Waals surface area (Å²) in [4.78, 5) is 30.8. The molecule has 2 aliphatic heterocycles. The summed E-state index contributed by atoms with van der Waals surface area (Å²) >= 11 is 6.31. The maximum absolute atomic E-state index is 13.7. The lowest BCUT2D eigenvalue weighted by Gasteiger charge is -2.37. The van der Waals surface area contributed by atoms with Gasteiger partial charge in [0.15, 0.2) is 0 Å². The molecule has 2 aromatic carbocycles. The first-order valence-electron chi connectivity index (χ1n) is 10.6. The molecule has 2 aliphatic rings. The van der Waals surface area contributed by atoms with Gasteiger partial charge in [-0.2, -0.15) is 0 Å². The average molecular weight is 439 g/mol. The van der Waals surface area contributed by atoms with E-state index in [0.29, 0.717) is 50.7 Å². The zero-order chi connectivity index (χ0) is 22.3. The summed E-state index contributed by atoms with van der Waals surface area (Å²) in [6, 6.07) is 12.6. The number of methoxy groups -OCH3 is 1. The summed E-state index contributed by atoms with van der Waals surface area (Å²) in [5.74, 6) is 0.978. The Hall–Kier alpha value is -2.79. The molecular weight excluding hydrogens is 412 g/mol. The van der Waals surface area contributed by atoms with Gasteiger partial charge in [0, 0.05) is 18.1 Å². The lowest BCUT2D eigenvalue weighted by Crippen LogP contribution is -2.42. The van der Waals surface area contributed by atoms with Crippen LogP contribution in [0.3, 0.4) is 0 Å². The number of amides is 2. The second-order valence-electron chi connectivity index (χ2n) is 8.63. The normalized spacial score (nSPS) is 21.8. The van der Waals surface area contributed by atoms with Crippen molar-refractivity contribution in [3.63, 3.8) is 0 Å². The maximum Gasteiger partial charge on any atom is 0.282 e. The third-order valence-corrected chi connectivity index (χ3v) is 6.51. The molecular formula is C25H27ClN2O3. The van der Waals surface area contributed by atoms with E-state index in [1.54, 1.807) is 25.3 Å². The number of halogens is 1. The number of piperidine rings is 1. The maximum atomic E-state index is 13.7. The van der Waals surface area contributed by atoms with Crippen LogP contribution in [0.4, 0.5) is 5.69 Å². The smallest absolute Gasteiger partial charge is 0.282 e. The fourth-order valence-electron chi connectivity index (χ4n) is 4.73. The van der Waals surface area contributed by atoms with E-state index >= 15 is 0 Å². The number of likely N-dealkylation sites (tertiary alicyclic amines) is 1. The Morgan fingerprint density at radius 3 is 2.23 bits per heavy atom. The predicted octanol–water partition coefficient (Wildman–Crippen LogP) is 4.92. The molecule has 31 heavy (non-hydrogen) atoms. The van der Waals surface area contributed by atoms with E-state index in [1.807, 2.05) is 31.2 Å². The molecule has 2 heterocycles. The first kappa shape index (κ1) is 21.4. The van der Waals surface area contributed by atoms with Gasteiger partial charge in [-0.3, -0.25) is 9.59 Å². The molecule has 0 radical (unpaired) electrons. The Bertz CT molecular complexity index is 1050. The summed E-state index contributed by atoms with van der Waals surface area (Å²) in [7, 11) is 1.60. The van der Waals surface area contributed by atoms with Crippen LogP contribution >= 0.6 is 11.6 Å². The van der Waals surface area contributed by atoms with Crippen LogP contribution < -0.4 is 9.64 Å². The molecule has 0 N–H and O–H groups in total. The fourth-order valence-corrected chi connectivity index (χ4v) is 4.90. The van der Waals surface area contributed by atoms with Gasteiger partial charge in [-0.15, -0.1) is 0 Å². The second-order valence-corrected chi connectivity index (χ2v) is 9.04. The third-order valence-electron chi connectivity index (χ3n) is 6.10. The van der Waals surface area contributed by atoms with Gasteiger partial charge in [0.1, 0.15) is 11.4 Å². The Balaban J connectivity index is 1.85. The minimum absolute atomic E-state index is 0.289. The van der Waals surface area contributed by atoms with E-state index in [4.69, 9.17) is 16.3 Å². The molecule has 0 aliphatic carbocycles. The molecule has 0 spiro atoms. The fraction of sp³-hybridized carbons (Fsp3) is 0.360. The van der Waals surface area contributed by atoms with E-state index in [-0.39, 0.29) is 11.8 Å². The number of carbonyl (C=O) groups excluding carboxylic acids is 2. The van der Waals surface area contributed by atoms with Gasteiger partial charge < -0.3 is 9.64 Å². The van der Waals surface area contributed by atoms with Crippen molar-refractivity contribution in [2.45, 2.75) is 27.2 Å². The number of nitrogens with zero attached hydrogens (tertiary/aromatic N) is 2. The number of rotatable bonds is 4. The first-order valence-corrected chi connectivity index (χ1v) is 11.0. The molecule has 2 amide bonds. The Morgan fingerprint density at radius 1 is 0.968 bits per heavy atom. The van der Waals surface area contributed by atoms with Gasteiger partial charge in [0.05, 0.1) is 18.4 Å². The van der Waals surface area contributed by atoms with E-state index in [1.165, 1.54) is 4.90 Å². The van der Waals surface area contributed by atoms with Crippen molar-refractivity contribution in [3.05, 3.63) is 64.3 Å². The van der Waals surface area contributed by atoms with Crippen molar-refractivity contribution < 1.29 is 14.3 Å². The lowest BCUT2D eigenvalue weighted by molar-refractivity contribution is -0.120. The van der Waals surface area contributed by atoms with Crippen LogP contribution in [0.25, 0.3) is 5.57 Å². The monoisotopic (exact) mass is 438 g/mol. The van der Waals surface area contributed by atoms with Crippen molar-refractivity contribution in [3.8, 4) is 5.75 Å². The van der Waals surface area contributed by atoms with E-state index < -0.39 is 0 Å². The largest absolute Gasteiger partial charge is 0.497 e. The third kappa shape index (κ3) is 3.83. The topological polar surface area (TPSA) is 49.9 Å². The minimum atomic E-state index is -0.318. The molecule has 2 atom stereocenters. The molecule has 1 fully saturated rings. The zero-order valence-corrected chi connectivity index (χ0v) is 19.1. The van der Waals surface area contributed by atoms with Gasteiger partial charge >= 0.3 is 0 Å². The van der Waals surface area contributed by atoms with Crippen LogP contribution in [0, 0.1) is 18.8 Å². The number of benzene rings is 2. The highest BCUT2D eigenvalue weighted by molar-refractivity contribution is 6.46. The standard InChI is InChI=1S/C25H27ClN2O3/c1-15-12-16(2)14-27(13-15)23-22(18-8-10-19(31-4)11-9-18)24(29)28(25(23)30)21-7-5-6-20(26)17(21)3/h5-11,15-16H,12-14H2,1-4H3. The van der Waals surface area contributed by atoms with Gasteiger partial charge in [-0.1, -0.05) is 43.6 Å². The molecule has 2 aromatic rings. The first-order chi connectivity index (χ1) is 14.8. The summed E-state index contributed by atoms with van der Waals surface area (Å²) in [6.45, 7) is 7.71. The number of carbonyl (C=O) groups is 2. The molecule has 1 saturated heterocycles. The highest BCUT2D eigenvalue weighted by Crippen LogP contribution is 2.39. The minimum Gasteiger partial charge on any atom is -0.497 e.